The molecule has 0 radical (unpaired) electrons. The summed E-state index contributed by atoms with van der Waals surface area (Å²) in [6.45, 7) is 5.56. The molecule has 12 nitrogen and oxygen atoms in total. The number of carbonyl (C=O) groups excluding carboxylic acids is 1. The third-order valence-electron chi connectivity index (χ3n) is 6.09. The molecular weight excluding hydrogens is 474 g/mol. The second kappa shape index (κ2) is 11.6. The van der Waals surface area contributed by atoms with Gasteiger partial charge in [-0.1, -0.05) is 19.1 Å². The van der Waals surface area contributed by atoms with Crippen molar-refractivity contribution in [2.45, 2.75) is 6.92 Å². The Bertz CT molecular complexity index is 1290. The van der Waals surface area contributed by atoms with Crippen LogP contribution in [-0.4, -0.2) is 65.3 Å². The number of amides is 1. The van der Waals surface area contributed by atoms with E-state index in [0.29, 0.717) is 49.1 Å². The Morgan fingerprint density at radius 2 is 1.76 bits per heavy atom. The number of nitrogen functional groups attached to an aromatic ring is 1. The molecular formula is C25H29N9O3. The van der Waals surface area contributed by atoms with Crippen LogP contribution in [0.25, 0.3) is 11.3 Å². The summed E-state index contributed by atoms with van der Waals surface area (Å²) in [5.41, 5.74) is 8.39. The monoisotopic (exact) mass is 503 g/mol. The van der Waals surface area contributed by atoms with Gasteiger partial charge < -0.3 is 26.5 Å². The SMILES string of the molecule is CCN1CCN(c2ccc(NCCNc3ccc([NH+]([O-])O)c(N)n3)nc2-c2ccc(C#N)cc2)C(=O)C1. The highest BCUT2D eigenvalue weighted by Gasteiger charge is 2.27. The fourth-order valence-electron chi connectivity index (χ4n) is 4.07. The second-order valence-corrected chi connectivity index (χ2v) is 8.46. The molecule has 2 aromatic heterocycles. The minimum absolute atomic E-state index is 0.0235. The molecule has 1 aliphatic rings. The van der Waals surface area contributed by atoms with Gasteiger partial charge in [-0.05, 0) is 36.9 Å². The number of nitriles is 1. The fraction of sp³-hybridized carbons (Fsp3) is 0.280. The summed E-state index contributed by atoms with van der Waals surface area (Å²) in [6, 6.07) is 15.9. The molecule has 6 N–H and O–H groups in total. The van der Waals surface area contributed by atoms with E-state index in [9.17, 15) is 10.0 Å². The van der Waals surface area contributed by atoms with Gasteiger partial charge >= 0.3 is 0 Å². The van der Waals surface area contributed by atoms with Crippen molar-refractivity contribution in [3.8, 4) is 17.3 Å². The number of aromatic nitrogens is 2. The molecule has 1 aromatic carbocycles. The molecule has 0 spiro atoms. The molecule has 1 aliphatic heterocycles. The number of carbonyl (C=O) groups is 1. The van der Waals surface area contributed by atoms with Crippen LogP contribution in [0.5, 0.6) is 0 Å². The summed E-state index contributed by atoms with van der Waals surface area (Å²) in [6.07, 6.45) is 0. The summed E-state index contributed by atoms with van der Waals surface area (Å²) < 4.78 is 0. The molecule has 0 bridgehead atoms. The first kappa shape index (κ1) is 25.8. The average Bonchev–Trinajstić information content (AvgIpc) is 2.91. The van der Waals surface area contributed by atoms with Gasteiger partial charge in [0.05, 0.1) is 29.6 Å². The Hall–Kier alpha value is -4.28. The number of quaternary nitrogens is 1. The number of rotatable bonds is 9. The standard InChI is InChI=1S/C25H29N9O3/c1-2-32-13-14-33(23(35)16-32)19-7-9-21(30-24(19)18-5-3-17(15-26)4-6-18)28-11-12-29-22-10-8-20(34(36)37)25(27)31-22/h3-10,34,36H,2,11-14,16H2,1H3,(H,28,30)(H3,27,29,31). The second-order valence-electron chi connectivity index (χ2n) is 8.46. The van der Waals surface area contributed by atoms with E-state index in [1.165, 1.54) is 6.07 Å². The lowest BCUT2D eigenvalue weighted by Gasteiger charge is -2.34. The van der Waals surface area contributed by atoms with Crippen molar-refractivity contribution in [2.24, 2.45) is 0 Å². The molecule has 3 aromatic rings. The lowest BCUT2D eigenvalue weighted by Crippen LogP contribution is -2.99. The number of hydrogen-bond acceptors (Lipinski definition) is 10. The third-order valence-corrected chi connectivity index (χ3v) is 6.09. The predicted octanol–water partition coefficient (Wildman–Crippen LogP) is 1.19. The van der Waals surface area contributed by atoms with E-state index >= 15 is 0 Å². The van der Waals surface area contributed by atoms with Crippen LogP contribution < -0.4 is 26.5 Å². The van der Waals surface area contributed by atoms with Crippen LogP contribution in [-0.2, 0) is 4.79 Å². The lowest BCUT2D eigenvalue weighted by molar-refractivity contribution is -0.990. The number of nitrogens with one attached hydrogen (secondary N) is 3. The summed E-state index contributed by atoms with van der Waals surface area (Å²) in [5, 5.41) is 34.6. The maximum Gasteiger partial charge on any atom is 0.241 e. The molecule has 3 heterocycles. The average molecular weight is 504 g/mol. The van der Waals surface area contributed by atoms with Crippen molar-refractivity contribution < 1.29 is 15.2 Å². The summed E-state index contributed by atoms with van der Waals surface area (Å²) in [7, 11) is 0. The number of nitrogens with zero attached hydrogens (tertiary/aromatic N) is 5. The van der Waals surface area contributed by atoms with Gasteiger partial charge in [0.15, 0.2) is 5.82 Å². The van der Waals surface area contributed by atoms with Gasteiger partial charge in [0, 0.05) is 37.8 Å². The summed E-state index contributed by atoms with van der Waals surface area (Å²) in [4.78, 5) is 25.7. The van der Waals surface area contributed by atoms with Gasteiger partial charge in [0.25, 0.3) is 0 Å². The number of piperazine rings is 1. The molecule has 192 valence electrons. The molecule has 4 rings (SSSR count). The van der Waals surface area contributed by atoms with Crippen molar-refractivity contribution in [1.29, 1.82) is 5.26 Å². The van der Waals surface area contributed by atoms with E-state index in [1.807, 2.05) is 31.2 Å². The Balaban J connectivity index is 1.49. The largest absolute Gasteiger partial charge is 0.595 e. The number of anilines is 4. The molecule has 1 unspecified atom stereocenters. The van der Waals surface area contributed by atoms with E-state index in [4.69, 9.17) is 21.2 Å². The fourth-order valence-corrected chi connectivity index (χ4v) is 4.07. The van der Waals surface area contributed by atoms with Crippen LogP contribution in [0, 0.1) is 16.5 Å². The van der Waals surface area contributed by atoms with Gasteiger partial charge in [-0.2, -0.15) is 10.5 Å². The van der Waals surface area contributed by atoms with Crippen molar-refractivity contribution in [3.63, 3.8) is 0 Å². The normalized spacial score (nSPS) is 14.8. The van der Waals surface area contributed by atoms with Gasteiger partial charge in [-0.3, -0.25) is 9.69 Å². The zero-order valence-corrected chi connectivity index (χ0v) is 20.4. The third kappa shape index (κ3) is 6.11. The molecule has 1 fully saturated rings. The minimum atomic E-state index is -1.13. The molecule has 1 atom stereocenters. The van der Waals surface area contributed by atoms with Gasteiger partial charge in [0.1, 0.15) is 11.6 Å². The van der Waals surface area contributed by atoms with Crippen molar-refractivity contribution in [1.82, 2.24) is 14.9 Å². The van der Waals surface area contributed by atoms with Crippen LogP contribution in [0.2, 0.25) is 0 Å². The van der Waals surface area contributed by atoms with E-state index < -0.39 is 5.23 Å². The summed E-state index contributed by atoms with van der Waals surface area (Å²) >= 11 is 0. The number of pyridine rings is 2. The molecule has 1 amide bonds. The van der Waals surface area contributed by atoms with Crippen LogP contribution >= 0.6 is 0 Å². The number of hydrogen-bond donors (Lipinski definition) is 5. The van der Waals surface area contributed by atoms with E-state index in [0.717, 1.165) is 24.3 Å². The molecule has 12 heteroatoms. The first-order chi connectivity index (χ1) is 17.9. The van der Waals surface area contributed by atoms with Crippen LogP contribution in [0.3, 0.4) is 0 Å². The van der Waals surface area contributed by atoms with Crippen LogP contribution in [0.15, 0.2) is 48.5 Å². The van der Waals surface area contributed by atoms with Crippen molar-refractivity contribution >= 4 is 34.7 Å². The van der Waals surface area contributed by atoms with Crippen LogP contribution in [0.1, 0.15) is 12.5 Å². The Kier molecular flexibility index (Phi) is 8.11. The maximum atomic E-state index is 12.9. The van der Waals surface area contributed by atoms with Gasteiger partial charge in [0.2, 0.25) is 11.6 Å². The Morgan fingerprint density at radius 3 is 2.35 bits per heavy atom. The number of likely N-dealkylation sites (N-methyl/N-ethyl adjacent to an activating group) is 1. The Morgan fingerprint density at radius 1 is 1.08 bits per heavy atom. The molecule has 0 saturated carbocycles. The van der Waals surface area contributed by atoms with Crippen molar-refractivity contribution in [3.05, 3.63) is 59.3 Å². The topological polar surface area (TPSA) is 171 Å². The maximum absolute atomic E-state index is 12.9. The number of benzene rings is 1. The minimum Gasteiger partial charge on any atom is -0.595 e. The first-order valence-corrected chi connectivity index (χ1v) is 11.9. The van der Waals surface area contributed by atoms with Gasteiger partial charge in [-0.15, -0.1) is 0 Å². The first-order valence-electron chi connectivity index (χ1n) is 11.9. The number of nitrogens with two attached hydrogens (primary N) is 1. The van der Waals surface area contributed by atoms with Crippen LogP contribution in [0.4, 0.5) is 28.8 Å². The zero-order chi connectivity index (χ0) is 26.4. The molecule has 0 aliphatic carbocycles. The summed E-state index contributed by atoms with van der Waals surface area (Å²) in [5.74, 6) is 1.06. The van der Waals surface area contributed by atoms with Gasteiger partial charge in [-0.25, -0.2) is 15.2 Å². The smallest absolute Gasteiger partial charge is 0.241 e. The highest BCUT2D eigenvalue weighted by Crippen LogP contribution is 2.32. The van der Waals surface area contributed by atoms with Crippen molar-refractivity contribution in [2.75, 3.05) is 60.5 Å². The van der Waals surface area contributed by atoms with E-state index in [1.54, 1.807) is 23.1 Å². The highest BCUT2D eigenvalue weighted by molar-refractivity contribution is 5.99. The molecule has 37 heavy (non-hydrogen) atoms. The quantitative estimate of drug-likeness (QED) is 0.211. The zero-order valence-electron chi connectivity index (χ0n) is 20.4. The van der Waals surface area contributed by atoms with E-state index in [2.05, 4.69) is 26.6 Å². The molecule has 1 saturated heterocycles. The van der Waals surface area contributed by atoms with E-state index in [-0.39, 0.29) is 17.4 Å². The predicted molar refractivity (Wildman–Crippen MR) is 140 cm³/mol. The highest BCUT2D eigenvalue weighted by atomic mass is 16.8. The Labute approximate surface area is 214 Å². The lowest BCUT2D eigenvalue weighted by atomic mass is 10.1.